The number of hydrogen-bond acceptors (Lipinski definition) is 1. The molecule has 1 atom stereocenters. The lowest BCUT2D eigenvalue weighted by Gasteiger charge is -2.10. The highest BCUT2D eigenvalue weighted by atomic mass is 19.2. The molecular formula is C8H7BF2O. The van der Waals surface area contributed by atoms with Crippen molar-refractivity contribution in [3.63, 3.8) is 0 Å². The van der Waals surface area contributed by atoms with Gasteiger partial charge in [-0.05, 0) is 13.0 Å². The number of aliphatic hydroxyl groups excluding tert-OH is 1. The predicted molar refractivity (Wildman–Crippen MR) is 42.4 cm³/mol. The van der Waals surface area contributed by atoms with Crippen LogP contribution >= 0.6 is 0 Å². The van der Waals surface area contributed by atoms with E-state index in [0.29, 0.717) is 0 Å². The van der Waals surface area contributed by atoms with Gasteiger partial charge in [0.1, 0.15) is 7.85 Å². The molecular weight excluding hydrogens is 161 g/mol. The number of aliphatic hydroxyl groups is 1. The van der Waals surface area contributed by atoms with E-state index in [1.54, 1.807) is 0 Å². The molecule has 0 spiro atoms. The van der Waals surface area contributed by atoms with Crippen molar-refractivity contribution in [3.05, 3.63) is 29.3 Å². The zero-order valence-electron chi connectivity index (χ0n) is 6.51. The Balaban J connectivity index is 3.33. The molecule has 0 aromatic heterocycles. The van der Waals surface area contributed by atoms with Gasteiger partial charge < -0.3 is 5.11 Å². The van der Waals surface area contributed by atoms with E-state index >= 15 is 0 Å². The molecule has 0 saturated carbocycles. The molecule has 0 fully saturated rings. The molecule has 62 valence electrons. The molecule has 0 saturated heterocycles. The first-order valence-electron chi connectivity index (χ1n) is 3.45. The summed E-state index contributed by atoms with van der Waals surface area (Å²) in [4.78, 5) is 0. The summed E-state index contributed by atoms with van der Waals surface area (Å²) in [6.07, 6.45) is -1.10. The van der Waals surface area contributed by atoms with Gasteiger partial charge in [-0.15, -0.1) is 0 Å². The third-order valence-corrected chi connectivity index (χ3v) is 1.58. The van der Waals surface area contributed by atoms with Crippen LogP contribution in [0.3, 0.4) is 0 Å². The lowest BCUT2D eigenvalue weighted by molar-refractivity contribution is 0.194. The fourth-order valence-corrected chi connectivity index (χ4v) is 1.01. The van der Waals surface area contributed by atoms with Gasteiger partial charge in [0.25, 0.3) is 0 Å². The summed E-state index contributed by atoms with van der Waals surface area (Å²) in [6, 6.07) is 2.15. The summed E-state index contributed by atoms with van der Waals surface area (Å²) >= 11 is 0. The Bertz CT molecular complexity index is 299. The van der Waals surface area contributed by atoms with Crippen LogP contribution in [0.15, 0.2) is 12.1 Å². The molecule has 0 aliphatic rings. The average Bonchev–Trinajstić information content (AvgIpc) is 1.97. The lowest BCUT2D eigenvalue weighted by atomic mass is 9.88. The number of benzene rings is 1. The van der Waals surface area contributed by atoms with Crippen molar-refractivity contribution < 1.29 is 13.9 Å². The Morgan fingerprint density at radius 1 is 1.42 bits per heavy atom. The van der Waals surface area contributed by atoms with Gasteiger partial charge in [-0.25, -0.2) is 8.78 Å². The van der Waals surface area contributed by atoms with Crippen molar-refractivity contribution in [2.45, 2.75) is 13.0 Å². The Morgan fingerprint density at radius 2 is 2.00 bits per heavy atom. The maximum absolute atomic E-state index is 12.9. The zero-order chi connectivity index (χ0) is 9.30. The van der Waals surface area contributed by atoms with Crippen molar-refractivity contribution in [1.29, 1.82) is 0 Å². The van der Waals surface area contributed by atoms with Crippen LogP contribution in [0.4, 0.5) is 8.78 Å². The van der Waals surface area contributed by atoms with E-state index in [4.69, 9.17) is 13.0 Å². The lowest BCUT2D eigenvalue weighted by Crippen LogP contribution is -2.16. The van der Waals surface area contributed by atoms with Crippen molar-refractivity contribution in [2.75, 3.05) is 0 Å². The molecule has 1 rings (SSSR count). The molecule has 1 aromatic carbocycles. The summed E-state index contributed by atoms with van der Waals surface area (Å²) in [5.41, 5.74) is -0.126. The SMILES string of the molecule is [B]c1ccc(F)c(F)c1C(C)O. The van der Waals surface area contributed by atoms with Gasteiger partial charge in [0.2, 0.25) is 0 Å². The minimum Gasteiger partial charge on any atom is -0.389 e. The van der Waals surface area contributed by atoms with Crippen molar-refractivity contribution in [1.82, 2.24) is 0 Å². The predicted octanol–water partition coefficient (Wildman–Crippen LogP) is 0.812. The quantitative estimate of drug-likeness (QED) is 0.615. The van der Waals surface area contributed by atoms with Crippen LogP contribution in [-0.2, 0) is 0 Å². The Kier molecular flexibility index (Phi) is 2.47. The summed E-state index contributed by atoms with van der Waals surface area (Å²) < 4.78 is 25.5. The molecule has 0 amide bonds. The molecule has 0 bridgehead atoms. The van der Waals surface area contributed by atoms with Crippen LogP contribution in [0.25, 0.3) is 0 Å². The van der Waals surface area contributed by atoms with Gasteiger partial charge in [-0.3, -0.25) is 0 Å². The van der Waals surface area contributed by atoms with Crippen LogP contribution in [0.2, 0.25) is 0 Å². The second-order valence-corrected chi connectivity index (χ2v) is 2.54. The highest BCUT2D eigenvalue weighted by molar-refractivity contribution is 6.33. The standard InChI is InChI=1S/C8H7BF2O/c1-4(12)7-5(9)2-3-6(10)8(7)11/h2-4,12H,1H3. The van der Waals surface area contributed by atoms with Gasteiger partial charge >= 0.3 is 0 Å². The van der Waals surface area contributed by atoms with Crippen LogP contribution in [0, 0.1) is 11.6 Å². The van der Waals surface area contributed by atoms with Gasteiger partial charge in [0.05, 0.1) is 6.10 Å². The second kappa shape index (κ2) is 3.23. The zero-order valence-corrected chi connectivity index (χ0v) is 6.51. The minimum absolute atomic E-state index is 0.0592. The third kappa shape index (κ3) is 1.48. The van der Waals surface area contributed by atoms with Crippen LogP contribution in [0.1, 0.15) is 18.6 Å². The van der Waals surface area contributed by atoms with Crippen molar-refractivity contribution >= 4 is 13.3 Å². The fourth-order valence-electron chi connectivity index (χ4n) is 1.01. The molecule has 1 N–H and O–H groups in total. The molecule has 1 nitrogen and oxygen atoms in total. The van der Waals surface area contributed by atoms with Gasteiger partial charge in [0, 0.05) is 5.56 Å². The van der Waals surface area contributed by atoms with E-state index in [9.17, 15) is 8.78 Å². The molecule has 1 unspecified atom stereocenters. The maximum atomic E-state index is 12.9. The van der Waals surface area contributed by atoms with Gasteiger partial charge in [-0.2, -0.15) is 0 Å². The van der Waals surface area contributed by atoms with Crippen LogP contribution in [0.5, 0.6) is 0 Å². The van der Waals surface area contributed by atoms with E-state index in [-0.39, 0.29) is 11.0 Å². The highest BCUT2D eigenvalue weighted by Crippen LogP contribution is 2.15. The number of halogens is 2. The normalized spacial score (nSPS) is 13.0. The molecule has 2 radical (unpaired) electrons. The second-order valence-electron chi connectivity index (χ2n) is 2.54. The van der Waals surface area contributed by atoms with E-state index in [1.807, 2.05) is 0 Å². The number of rotatable bonds is 1. The molecule has 0 heterocycles. The summed E-state index contributed by atoms with van der Waals surface area (Å²) in [7, 11) is 5.32. The van der Waals surface area contributed by atoms with Crippen LogP contribution in [-0.4, -0.2) is 13.0 Å². The maximum Gasteiger partial charge on any atom is 0.164 e. The van der Waals surface area contributed by atoms with Crippen molar-refractivity contribution in [2.24, 2.45) is 0 Å². The smallest absolute Gasteiger partial charge is 0.164 e. The largest absolute Gasteiger partial charge is 0.389 e. The Labute approximate surface area is 70.4 Å². The summed E-state index contributed by atoms with van der Waals surface area (Å²) in [5.74, 6) is -2.08. The number of hydrogen-bond donors (Lipinski definition) is 1. The molecule has 0 aliphatic heterocycles. The average molecular weight is 168 g/mol. The van der Waals surface area contributed by atoms with Gasteiger partial charge in [0.15, 0.2) is 11.6 Å². The monoisotopic (exact) mass is 168 g/mol. The van der Waals surface area contributed by atoms with Crippen molar-refractivity contribution in [3.8, 4) is 0 Å². The first-order valence-corrected chi connectivity index (χ1v) is 3.45. The van der Waals surface area contributed by atoms with E-state index < -0.39 is 17.7 Å². The molecule has 1 aromatic rings. The first kappa shape index (κ1) is 9.19. The molecule has 4 heteroatoms. The van der Waals surface area contributed by atoms with E-state index in [0.717, 1.165) is 6.07 Å². The summed E-state index contributed by atoms with van der Waals surface area (Å²) in [6.45, 7) is 1.33. The first-order chi connectivity index (χ1) is 5.54. The van der Waals surface area contributed by atoms with Gasteiger partial charge in [-0.1, -0.05) is 11.5 Å². The molecule has 12 heavy (non-hydrogen) atoms. The fraction of sp³-hybridized carbons (Fsp3) is 0.250. The van der Waals surface area contributed by atoms with E-state index in [2.05, 4.69) is 0 Å². The molecule has 0 aliphatic carbocycles. The Hall–Kier alpha value is -0.895. The minimum atomic E-state index is -1.10. The third-order valence-electron chi connectivity index (χ3n) is 1.58. The van der Waals surface area contributed by atoms with Crippen LogP contribution < -0.4 is 5.46 Å². The topological polar surface area (TPSA) is 20.2 Å². The van der Waals surface area contributed by atoms with E-state index in [1.165, 1.54) is 13.0 Å². The highest BCUT2D eigenvalue weighted by Gasteiger charge is 2.14. The Morgan fingerprint density at radius 3 is 2.42 bits per heavy atom. The summed E-state index contributed by atoms with van der Waals surface area (Å²) in [5, 5.41) is 9.02.